The zero-order valence-corrected chi connectivity index (χ0v) is 16.6. The van der Waals surface area contributed by atoms with E-state index < -0.39 is 5.89 Å². The van der Waals surface area contributed by atoms with Crippen LogP contribution in [0.2, 0.25) is 0 Å². The first-order valence-corrected chi connectivity index (χ1v) is 10.0. The number of benzene rings is 2. The van der Waals surface area contributed by atoms with Gasteiger partial charge in [0.25, 0.3) is 0 Å². The lowest BCUT2D eigenvalue weighted by Crippen LogP contribution is -2.30. The number of rotatable bonds is 2. The third kappa shape index (κ3) is 2.83. The maximum absolute atomic E-state index is 9.08. The molecule has 0 amide bonds. The van der Waals surface area contributed by atoms with Gasteiger partial charge in [0.1, 0.15) is 19.6 Å². The SMILES string of the molecule is [2H]c1c([2H])c([2H])[n+](C)c(-c2c(C)ccc3c2oc2c([N+]#[C-])c(C4([2H])CCCCC4)ccc23)c1[2H]. The average Bonchev–Trinajstić information content (AvgIpc) is 3.21. The number of hydrogen-bond donors (Lipinski definition) is 0. The monoisotopic (exact) mass is 386 g/mol. The van der Waals surface area contributed by atoms with E-state index in [1.807, 2.05) is 31.2 Å². The maximum Gasteiger partial charge on any atom is 0.232 e. The molecule has 1 saturated carbocycles. The van der Waals surface area contributed by atoms with Gasteiger partial charge in [0.15, 0.2) is 6.17 Å². The van der Waals surface area contributed by atoms with Crippen molar-refractivity contribution in [3.63, 3.8) is 0 Å². The van der Waals surface area contributed by atoms with Crippen LogP contribution >= 0.6 is 0 Å². The maximum atomic E-state index is 9.08. The highest BCUT2D eigenvalue weighted by molar-refractivity contribution is 6.13. The van der Waals surface area contributed by atoms with Crippen LogP contribution in [-0.2, 0) is 7.05 Å². The first kappa shape index (κ1) is 13.2. The van der Waals surface area contributed by atoms with Gasteiger partial charge in [-0.3, -0.25) is 0 Å². The quantitative estimate of drug-likeness (QED) is 0.269. The number of hydrogen-bond acceptors (Lipinski definition) is 1. The Labute approximate surface area is 178 Å². The molecule has 0 bridgehead atoms. The summed E-state index contributed by atoms with van der Waals surface area (Å²) in [4.78, 5) is 3.82. The van der Waals surface area contributed by atoms with Crippen molar-refractivity contribution >= 4 is 27.6 Å². The Morgan fingerprint density at radius 3 is 2.66 bits per heavy atom. The highest BCUT2D eigenvalue weighted by atomic mass is 16.3. The Balaban J connectivity index is 1.86. The number of pyridine rings is 1. The molecule has 0 atom stereocenters. The van der Waals surface area contributed by atoms with Crippen LogP contribution in [0, 0.1) is 13.5 Å². The topological polar surface area (TPSA) is 21.4 Å². The van der Waals surface area contributed by atoms with Gasteiger partial charge >= 0.3 is 0 Å². The van der Waals surface area contributed by atoms with E-state index in [9.17, 15) is 0 Å². The molecule has 1 aliphatic rings. The number of furan rings is 1. The third-order valence-corrected chi connectivity index (χ3v) is 5.98. The predicted molar refractivity (Wildman–Crippen MR) is 117 cm³/mol. The minimum atomic E-state index is -0.797. The van der Waals surface area contributed by atoms with E-state index in [2.05, 4.69) is 4.85 Å². The lowest BCUT2D eigenvalue weighted by Gasteiger charge is -2.23. The minimum absolute atomic E-state index is 0.141. The molecule has 0 radical (unpaired) electrons. The summed E-state index contributed by atoms with van der Waals surface area (Å²) >= 11 is 0. The lowest BCUT2D eigenvalue weighted by molar-refractivity contribution is -0.660. The lowest BCUT2D eigenvalue weighted by atomic mass is 9.83. The van der Waals surface area contributed by atoms with Crippen molar-refractivity contribution in [3.8, 4) is 11.3 Å². The molecule has 2 heterocycles. The van der Waals surface area contributed by atoms with Crippen molar-refractivity contribution in [3.05, 3.63) is 71.1 Å². The molecule has 2 aromatic carbocycles. The zero-order chi connectivity index (χ0) is 24.4. The van der Waals surface area contributed by atoms with Crippen LogP contribution in [0.5, 0.6) is 0 Å². The van der Waals surface area contributed by atoms with Gasteiger partial charge in [0, 0.05) is 24.2 Å². The standard InChI is InChI=1S/C26H25N2O/c1-17-12-13-20-21-15-14-19(18-9-5-4-6-10-18)24(27-2)26(21)29-25(20)23(17)22-11-7-8-16-28(22)3/h7-8,11-16,18H,4-6,9-10H2,1,3H3/q+1/i7D,8D,11D,16D,18D. The summed E-state index contributed by atoms with van der Waals surface area (Å²) in [7, 11) is 1.61. The Kier molecular flexibility index (Phi) is 3.20. The molecule has 3 nitrogen and oxygen atoms in total. The van der Waals surface area contributed by atoms with Gasteiger partial charge in [-0.25, -0.2) is 9.41 Å². The normalized spacial score (nSPS) is 18.6. The van der Waals surface area contributed by atoms with Crippen LogP contribution in [0.25, 0.3) is 38.0 Å². The fourth-order valence-corrected chi connectivity index (χ4v) is 4.50. The largest absolute Gasteiger partial charge is 0.466 e. The van der Waals surface area contributed by atoms with Gasteiger partial charge in [0.05, 0.1) is 16.2 Å². The number of aromatic nitrogens is 1. The predicted octanol–water partition coefficient (Wildman–Crippen LogP) is 6.98. The van der Waals surface area contributed by atoms with Gasteiger partial charge in [-0.2, -0.15) is 0 Å². The van der Waals surface area contributed by atoms with E-state index in [1.165, 1.54) is 4.57 Å². The van der Waals surface area contributed by atoms with Crippen molar-refractivity contribution < 1.29 is 15.8 Å². The van der Waals surface area contributed by atoms with E-state index in [1.54, 1.807) is 7.05 Å². The van der Waals surface area contributed by atoms with Gasteiger partial charge < -0.3 is 4.42 Å². The minimum Gasteiger partial charge on any atom is -0.466 e. The summed E-state index contributed by atoms with van der Waals surface area (Å²) in [5.74, 6) is -0.797. The first-order valence-electron chi connectivity index (χ1n) is 12.5. The van der Waals surface area contributed by atoms with E-state index in [4.69, 9.17) is 17.8 Å². The molecule has 0 spiro atoms. The molecule has 4 aromatic rings. The second-order valence-corrected chi connectivity index (χ2v) is 7.75. The first-order chi connectivity index (χ1) is 16.2. The number of fused-ring (bicyclic) bond motifs is 3. The van der Waals surface area contributed by atoms with Crippen LogP contribution in [0.3, 0.4) is 0 Å². The smallest absolute Gasteiger partial charge is 0.232 e. The molecule has 1 fully saturated rings. The van der Waals surface area contributed by atoms with Crippen LogP contribution in [-0.4, -0.2) is 0 Å². The van der Waals surface area contributed by atoms with E-state index in [-0.39, 0.29) is 24.3 Å². The molecule has 29 heavy (non-hydrogen) atoms. The summed E-state index contributed by atoms with van der Waals surface area (Å²) in [5.41, 5.74) is 3.73. The molecule has 0 N–H and O–H groups in total. The second kappa shape index (κ2) is 7.04. The van der Waals surface area contributed by atoms with Crippen LogP contribution in [0.1, 0.15) is 56.0 Å². The molecular weight excluding hydrogens is 356 g/mol. The molecule has 2 aromatic heterocycles. The highest BCUT2D eigenvalue weighted by Crippen LogP contribution is 2.45. The molecule has 1 aliphatic carbocycles. The average molecular weight is 387 g/mol. The van der Waals surface area contributed by atoms with Crippen LogP contribution in [0.4, 0.5) is 5.69 Å². The van der Waals surface area contributed by atoms with Crippen molar-refractivity contribution in [2.24, 2.45) is 7.05 Å². The summed E-state index contributed by atoms with van der Waals surface area (Å²) < 4.78 is 49.9. The molecule has 0 unspecified atom stereocenters. The summed E-state index contributed by atoms with van der Waals surface area (Å²) in [6, 6.07) is 6.93. The van der Waals surface area contributed by atoms with Crippen molar-refractivity contribution in [1.29, 1.82) is 0 Å². The molecule has 3 heteroatoms. The van der Waals surface area contributed by atoms with Gasteiger partial charge in [0.2, 0.25) is 11.4 Å². The van der Waals surface area contributed by atoms with Gasteiger partial charge in [-0.05, 0) is 42.8 Å². The van der Waals surface area contributed by atoms with Gasteiger partial charge in [-0.15, -0.1) is 0 Å². The summed E-state index contributed by atoms with van der Waals surface area (Å²) in [6.07, 6.45) is 4.36. The Morgan fingerprint density at radius 2 is 1.86 bits per heavy atom. The highest BCUT2D eigenvalue weighted by Gasteiger charge is 2.25. The Hall–Kier alpha value is -3.12. The van der Waals surface area contributed by atoms with E-state index in [0.717, 1.165) is 48.4 Å². The molecule has 144 valence electrons. The fourth-order valence-electron chi connectivity index (χ4n) is 4.50. The fraction of sp³-hybridized carbons (Fsp3) is 0.308. The second-order valence-electron chi connectivity index (χ2n) is 7.75. The number of aryl methyl sites for hydroxylation is 1. The van der Waals surface area contributed by atoms with Crippen LogP contribution in [0.15, 0.2) is 53.0 Å². The zero-order valence-electron chi connectivity index (χ0n) is 21.6. The Bertz CT molecular complexity index is 1500. The molecule has 0 saturated heterocycles. The van der Waals surface area contributed by atoms with Crippen LogP contribution < -0.4 is 4.57 Å². The molecule has 0 aliphatic heterocycles. The van der Waals surface area contributed by atoms with Crippen molar-refractivity contribution in [1.82, 2.24) is 0 Å². The summed E-state index contributed by atoms with van der Waals surface area (Å²) in [5, 5.41) is 1.55. The third-order valence-electron chi connectivity index (χ3n) is 5.98. The van der Waals surface area contributed by atoms with Crippen molar-refractivity contribution in [2.75, 3.05) is 0 Å². The number of nitrogens with zero attached hydrogens (tertiary/aromatic N) is 2. The van der Waals surface area contributed by atoms with Gasteiger partial charge in [-0.1, -0.05) is 43.5 Å². The van der Waals surface area contributed by atoms with E-state index >= 15 is 0 Å². The Morgan fingerprint density at radius 1 is 1.10 bits per heavy atom. The molecular formula is C26H25N2O+. The summed E-state index contributed by atoms with van der Waals surface area (Å²) in [6.45, 7) is 9.81. The molecule has 5 rings (SSSR count). The van der Waals surface area contributed by atoms with Crippen molar-refractivity contribution in [2.45, 2.75) is 44.9 Å². The van der Waals surface area contributed by atoms with E-state index in [0.29, 0.717) is 33.7 Å².